The number of amides is 1. The van der Waals surface area contributed by atoms with Gasteiger partial charge in [-0.1, -0.05) is 89.8 Å². The quantitative estimate of drug-likeness (QED) is 0.399. The van der Waals surface area contributed by atoms with Crippen LogP contribution in [-0.2, 0) is 0 Å². The zero-order valence-corrected chi connectivity index (χ0v) is 19.7. The molecule has 0 aliphatic carbocycles. The van der Waals surface area contributed by atoms with Crippen LogP contribution in [0.1, 0.15) is 108 Å². The van der Waals surface area contributed by atoms with Crippen molar-refractivity contribution in [1.29, 1.82) is 0 Å². The molecular weight excluding hydrogens is 370 g/mol. The maximum absolute atomic E-state index is 14.3. The van der Waals surface area contributed by atoms with E-state index in [2.05, 4.69) is 32.6 Å². The van der Waals surface area contributed by atoms with Crippen molar-refractivity contribution in [1.82, 2.24) is 4.90 Å². The molecule has 0 aliphatic heterocycles. The molecule has 0 saturated heterocycles. The highest BCUT2D eigenvalue weighted by atomic mass is 16.3. The minimum Gasteiger partial charge on any atom is -0.389 e. The first kappa shape index (κ1) is 24.4. The molecule has 0 radical (unpaired) electrons. The van der Waals surface area contributed by atoms with Crippen molar-refractivity contribution < 1.29 is 9.90 Å². The molecule has 0 heterocycles. The Balaban J connectivity index is 2.68. The summed E-state index contributed by atoms with van der Waals surface area (Å²) < 4.78 is 0. The van der Waals surface area contributed by atoms with Crippen LogP contribution in [-0.4, -0.2) is 28.0 Å². The number of benzene rings is 2. The van der Waals surface area contributed by atoms with E-state index in [-0.39, 0.29) is 18.0 Å². The van der Waals surface area contributed by atoms with Gasteiger partial charge in [0.1, 0.15) is 0 Å². The smallest absolute Gasteiger partial charge is 0.255 e. The number of carbonyl (C=O) groups is 1. The van der Waals surface area contributed by atoms with Gasteiger partial charge in [0.15, 0.2) is 0 Å². The Labute approximate surface area is 183 Å². The lowest BCUT2D eigenvalue weighted by Crippen LogP contribution is -2.47. The van der Waals surface area contributed by atoms with Gasteiger partial charge in [0, 0.05) is 12.1 Å². The van der Waals surface area contributed by atoms with Crippen LogP contribution in [0.4, 0.5) is 0 Å². The van der Waals surface area contributed by atoms with Crippen LogP contribution in [0.2, 0.25) is 0 Å². The van der Waals surface area contributed by atoms with Gasteiger partial charge in [0.05, 0.1) is 11.7 Å². The number of aliphatic hydroxyl groups is 1. The lowest BCUT2D eigenvalue weighted by atomic mass is 9.91. The van der Waals surface area contributed by atoms with Crippen LogP contribution < -0.4 is 0 Å². The number of nitrogens with zero attached hydrogens (tertiary/aromatic N) is 1. The molecule has 166 valence electrons. The lowest BCUT2D eigenvalue weighted by molar-refractivity contribution is 0.0507. The second kappa shape index (κ2) is 12.1. The van der Waals surface area contributed by atoms with Gasteiger partial charge in [-0.3, -0.25) is 4.79 Å². The van der Waals surface area contributed by atoms with Crippen LogP contribution in [0.3, 0.4) is 0 Å². The van der Waals surface area contributed by atoms with Crippen molar-refractivity contribution >= 4 is 16.7 Å². The van der Waals surface area contributed by atoms with Gasteiger partial charge in [0.25, 0.3) is 5.91 Å². The number of rotatable bonds is 12. The average molecular weight is 412 g/mol. The number of aliphatic hydroxyl groups excluding tert-OH is 1. The minimum absolute atomic E-state index is 0.0986. The fraction of sp³-hybridized carbons (Fsp3) is 0.593. The largest absolute Gasteiger partial charge is 0.389 e. The first-order valence-corrected chi connectivity index (χ1v) is 12.0. The molecule has 0 saturated carbocycles. The SMILES string of the molecule is CCCC(CCC)N(C(=O)c1c([C@H](C)O)ccc2ccccc12)C(CCC)CCC. The molecule has 1 amide bonds. The highest BCUT2D eigenvalue weighted by Crippen LogP contribution is 2.32. The third-order valence-electron chi connectivity index (χ3n) is 6.13. The van der Waals surface area contributed by atoms with E-state index in [9.17, 15) is 9.90 Å². The fourth-order valence-electron chi connectivity index (χ4n) is 4.81. The van der Waals surface area contributed by atoms with E-state index in [1.165, 1.54) is 0 Å². The molecule has 0 aliphatic rings. The lowest BCUT2D eigenvalue weighted by Gasteiger charge is -2.39. The van der Waals surface area contributed by atoms with E-state index in [0.29, 0.717) is 5.56 Å². The molecule has 0 aromatic heterocycles. The summed E-state index contributed by atoms with van der Waals surface area (Å²) >= 11 is 0. The maximum atomic E-state index is 14.3. The molecule has 2 rings (SSSR count). The standard InChI is InChI=1S/C27H41NO2/c1-6-12-22(13-7-2)28(23(14-8-3)15-9-4)27(30)26-24(20(5)29)19-18-21-16-10-11-17-25(21)26/h10-11,16-20,22-23,29H,6-9,12-15H2,1-5H3/t20-/m0/s1. The summed E-state index contributed by atoms with van der Waals surface area (Å²) in [5.41, 5.74) is 1.43. The Kier molecular flexibility index (Phi) is 9.84. The summed E-state index contributed by atoms with van der Waals surface area (Å²) in [6, 6.07) is 12.5. The number of fused-ring (bicyclic) bond motifs is 1. The molecule has 3 nitrogen and oxygen atoms in total. The number of hydrogen-bond donors (Lipinski definition) is 1. The summed E-state index contributed by atoms with van der Waals surface area (Å²) in [6.45, 7) is 10.6. The predicted molar refractivity (Wildman–Crippen MR) is 128 cm³/mol. The van der Waals surface area contributed by atoms with Gasteiger partial charge in [-0.05, 0) is 48.9 Å². The van der Waals surface area contributed by atoms with Gasteiger partial charge in [-0.15, -0.1) is 0 Å². The fourth-order valence-corrected chi connectivity index (χ4v) is 4.81. The van der Waals surface area contributed by atoms with Crippen LogP contribution >= 0.6 is 0 Å². The first-order valence-electron chi connectivity index (χ1n) is 12.0. The molecule has 1 N–H and O–H groups in total. The summed E-state index contributed by atoms with van der Waals surface area (Å²) in [5.74, 6) is 0.0986. The molecule has 3 heteroatoms. The van der Waals surface area contributed by atoms with Gasteiger partial charge < -0.3 is 10.0 Å². The van der Waals surface area contributed by atoms with E-state index in [1.54, 1.807) is 6.92 Å². The maximum Gasteiger partial charge on any atom is 0.255 e. The van der Waals surface area contributed by atoms with E-state index >= 15 is 0 Å². The predicted octanol–water partition coefficient (Wildman–Crippen LogP) is 7.27. The van der Waals surface area contributed by atoms with Crippen LogP contribution in [0, 0.1) is 0 Å². The summed E-state index contributed by atoms with van der Waals surface area (Å²) in [4.78, 5) is 16.5. The second-order valence-corrected chi connectivity index (χ2v) is 8.60. The van der Waals surface area contributed by atoms with Crippen molar-refractivity contribution in [2.24, 2.45) is 0 Å². The molecule has 0 unspecified atom stereocenters. The first-order chi connectivity index (χ1) is 14.5. The summed E-state index contributed by atoms with van der Waals surface area (Å²) in [6.07, 6.45) is 7.70. The molecule has 30 heavy (non-hydrogen) atoms. The molecule has 2 aromatic rings. The Morgan fingerprint density at radius 3 is 1.80 bits per heavy atom. The number of hydrogen-bond acceptors (Lipinski definition) is 2. The normalized spacial score (nSPS) is 12.7. The Bertz CT molecular complexity index is 771. The van der Waals surface area contributed by atoms with Gasteiger partial charge >= 0.3 is 0 Å². The van der Waals surface area contributed by atoms with E-state index in [1.807, 2.05) is 36.4 Å². The third-order valence-corrected chi connectivity index (χ3v) is 6.13. The minimum atomic E-state index is -0.679. The van der Waals surface area contributed by atoms with Crippen molar-refractivity contribution in [2.45, 2.75) is 104 Å². The Morgan fingerprint density at radius 2 is 1.33 bits per heavy atom. The van der Waals surface area contributed by atoms with E-state index in [4.69, 9.17) is 0 Å². The van der Waals surface area contributed by atoms with Gasteiger partial charge in [0.2, 0.25) is 0 Å². The van der Waals surface area contributed by atoms with Gasteiger partial charge in [-0.25, -0.2) is 0 Å². The average Bonchev–Trinajstić information content (AvgIpc) is 2.73. The van der Waals surface area contributed by atoms with E-state index in [0.717, 1.165) is 67.7 Å². The Morgan fingerprint density at radius 1 is 0.833 bits per heavy atom. The molecular formula is C27H41NO2. The van der Waals surface area contributed by atoms with Crippen LogP contribution in [0.15, 0.2) is 36.4 Å². The van der Waals surface area contributed by atoms with Crippen molar-refractivity contribution in [3.63, 3.8) is 0 Å². The zero-order valence-electron chi connectivity index (χ0n) is 19.7. The van der Waals surface area contributed by atoms with Crippen LogP contribution in [0.25, 0.3) is 10.8 Å². The molecule has 0 spiro atoms. The van der Waals surface area contributed by atoms with E-state index < -0.39 is 6.10 Å². The molecule has 0 fully saturated rings. The second-order valence-electron chi connectivity index (χ2n) is 8.60. The zero-order chi connectivity index (χ0) is 22.1. The van der Waals surface area contributed by atoms with Gasteiger partial charge in [-0.2, -0.15) is 0 Å². The summed E-state index contributed by atoms with van der Waals surface area (Å²) in [5, 5.41) is 12.5. The van der Waals surface area contributed by atoms with Crippen molar-refractivity contribution in [2.75, 3.05) is 0 Å². The topological polar surface area (TPSA) is 40.5 Å². The number of carbonyl (C=O) groups excluding carboxylic acids is 1. The van der Waals surface area contributed by atoms with Crippen molar-refractivity contribution in [3.8, 4) is 0 Å². The summed E-state index contributed by atoms with van der Waals surface area (Å²) in [7, 11) is 0. The third kappa shape index (κ3) is 5.63. The molecule has 0 bridgehead atoms. The Hall–Kier alpha value is -1.87. The highest BCUT2D eigenvalue weighted by Gasteiger charge is 2.32. The molecule has 1 atom stereocenters. The van der Waals surface area contributed by atoms with Crippen LogP contribution in [0.5, 0.6) is 0 Å². The highest BCUT2D eigenvalue weighted by molar-refractivity contribution is 6.08. The monoisotopic (exact) mass is 411 g/mol. The molecule has 2 aromatic carbocycles. The van der Waals surface area contributed by atoms with Crippen molar-refractivity contribution in [3.05, 3.63) is 47.5 Å².